The van der Waals surface area contributed by atoms with Gasteiger partial charge in [0.05, 0.1) is 19.3 Å². The first kappa shape index (κ1) is 14.6. The van der Waals surface area contributed by atoms with Gasteiger partial charge < -0.3 is 14.8 Å². The van der Waals surface area contributed by atoms with Crippen molar-refractivity contribution in [3.05, 3.63) is 21.9 Å². The van der Waals surface area contributed by atoms with Gasteiger partial charge in [-0.2, -0.15) is 0 Å². The molecule has 0 aliphatic rings. The highest BCUT2D eigenvalue weighted by Crippen LogP contribution is 2.14. The molecule has 0 saturated carbocycles. The third kappa shape index (κ3) is 6.17. The van der Waals surface area contributed by atoms with Gasteiger partial charge in [-0.15, -0.1) is 11.3 Å². The predicted molar refractivity (Wildman–Crippen MR) is 72.7 cm³/mol. The molecule has 1 heterocycles. The Bertz CT molecular complexity index is 301. The lowest BCUT2D eigenvalue weighted by molar-refractivity contribution is -0.00193. The first-order valence-corrected chi connectivity index (χ1v) is 7.05. The molecule has 98 valence electrons. The minimum absolute atomic E-state index is 0.181. The van der Waals surface area contributed by atoms with Gasteiger partial charge in [0.25, 0.3) is 0 Å². The van der Waals surface area contributed by atoms with Crippen LogP contribution in [0.4, 0.5) is 0 Å². The van der Waals surface area contributed by atoms with Crippen molar-refractivity contribution < 1.29 is 9.47 Å². The van der Waals surface area contributed by atoms with Crippen LogP contribution < -0.4 is 5.32 Å². The summed E-state index contributed by atoms with van der Waals surface area (Å²) in [5.74, 6) is 0. The summed E-state index contributed by atoms with van der Waals surface area (Å²) in [7, 11) is 0. The molecule has 1 rings (SSSR count). The Labute approximate surface area is 108 Å². The van der Waals surface area contributed by atoms with Crippen molar-refractivity contribution in [2.45, 2.75) is 33.4 Å². The van der Waals surface area contributed by atoms with Gasteiger partial charge in [0.2, 0.25) is 0 Å². The lowest BCUT2D eigenvalue weighted by Gasteiger charge is -2.13. The van der Waals surface area contributed by atoms with Crippen LogP contribution in [0.2, 0.25) is 0 Å². The minimum Gasteiger partial charge on any atom is -0.379 e. The molecule has 1 unspecified atom stereocenters. The molecule has 0 aromatic carbocycles. The van der Waals surface area contributed by atoms with Crippen LogP contribution in [-0.4, -0.2) is 32.5 Å². The topological polar surface area (TPSA) is 30.5 Å². The third-order valence-electron chi connectivity index (χ3n) is 2.49. The maximum Gasteiger partial charge on any atom is 0.0781 e. The molecule has 1 aromatic rings. The first-order chi connectivity index (χ1) is 8.24. The molecule has 1 aromatic heterocycles. The number of rotatable bonds is 9. The Balaban J connectivity index is 1.99. The maximum atomic E-state index is 5.61. The van der Waals surface area contributed by atoms with Gasteiger partial charge in [-0.3, -0.25) is 0 Å². The molecule has 3 nitrogen and oxygen atoms in total. The van der Waals surface area contributed by atoms with Crippen LogP contribution in [0.1, 0.15) is 24.3 Å². The molecule has 0 spiro atoms. The Morgan fingerprint density at radius 3 is 2.94 bits per heavy atom. The second-order valence-corrected chi connectivity index (χ2v) is 5.05. The third-order valence-corrected chi connectivity index (χ3v) is 3.51. The molecule has 0 radical (unpaired) electrons. The minimum atomic E-state index is 0.181. The summed E-state index contributed by atoms with van der Waals surface area (Å²) in [5, 5.41) is 5.52. The van der Waals surface area contributed by atoms with Crippen LogP contribution >= 0.6 is 11.3 Å². The summed E-state index contributed by atoms with van der Waals surface area (Å²) in [6, 6.07) is 2.16. The fourth-order valence-electron chi connectivity index (χ4n) is 1.45. The van der Waals surface area contributed by atoms with E-state index in [1.54, 1.807) is 11.3 Å². The Morgan fingerprint density at radius 2 is 2.29 bits per heavy atom. The van der Waals surface area contributed by atoms with E-state index >= 15 is 0 Å². The largest absolute Gasteiger partial charge is 0.379 e. The van der Waals surface area contributed by atoms with E-state index in [0.717, 1.165) is 26.3 Å². The zero-order valence-electron chi connectivity index (χ0n) is 11.0. The number of nitrogens with one attached hydrogen (secondary N) is 1. The van der Waals surface area contributed by atoms with Crippen molar-refractivity contribution in [1.29, 1.82) is 0 Å². The standard InChI is InChI=1S/C13H23NO2S/c1-4-15-10-12(3)16-7-6-14-9-13-11(2)5-8-17-13/h5,8,12,14H,4,6-7,9-10H2,1-3H3. The van der Waals surface area contributed by atoms with E-state index in [4.69, 9.17) is 9.47 Å². The molecule has 1 atom stereocenters. The van der Waals surface area contributed by atoms with Crippen molar-refractivity contribution in [1.82, 2.24) is 5.32 Å². The van der Waals surface area contributed by atoms with Crippen LogP contribution in [0, 0.1) is 6.92 Å². The lowest BCUT2D eigenvalue weighted by Crippen LogP contribution is -2.24. The summed E-state index contributed by atoms with van der Waals surface area (Å²) in [6.07, 6.45) is 0.181. The van der Waals surface area contributed by atoms with E-state index < -0.39 is 0 Å². The smallest absolute Gasteiger partial charge is 0.0781 e. The number of thiophene rings is 1. The van der Waals surface area contributed by atoms with E-state index in [9.17, 15) is 0 Å². The van der Waals surface area contributed by atoms with Gasteiger partial charge in [-0.25, -0.2) is 0 Å². The van der Waals surface area contributed by atoms with Crippen molar-refractivity contribution in [3.63, 3.8) is 0 Å². The lowest BCUT2D eigenvalue weighted by atomic mass is 10.3. The highest BCUT2D eigenvalue weighted by atomic mass is 32.1. The van der Waals surface area contributed by atoms with Crippen molar-refractivity contribution >= 4 is 11.3 Å². The molecule has 0 saturated heterocycles. The van der Waals surface area contributed by atoms with Crippen molar-refractivity contribution in [3.8, 4) is 0 Å². The number of hydrogen-bond acceptors (Lipinski definition) is 4. The molecule has 0 amide bonds. The zero-order chi connectivity index (χ0) is 12.5. The SMILES string of the molecule is CCOCC(C)OCCNCc1sccc1C. The molecular weight excluding hydrogens is 234 g/mol. The number of hydrogen-bond donors (Lipinski definition) is 1. The quantitative estimate of drug-likeness (QED) is 0.690. The van der Waals surface area contributed by atoms with Gasteiger partial charge in [-0.05, 0) is 37.8 Å². The molecule has 0 aliphatic heterocycles. The normalized spacial score (nSPS) is 12.9. The van der Waals surface area contributed by atoms with Crippen LogP contribution in [0.15, 0.2) is 11.4 Å². The van der Waals surface area contributed by atoms with Crippen LogP contribution in [0.5, 0.6) is 0 Å². The molecule has 0 bridgehead atoms. The van der Waals surface area contributed by atoms with Gasteiger partial charge in [0, 0.05) is 24.6 Å². The first-order valence-electron chi connectivity index (χ1n) is 6.17. The average molecular weight is 257 g/mol. The maximum absolute atomic E-state index is 5.61. The van der Waals surface area contributed by atoms with Gasteiger partial charge in [0.15, 0.2) is 0 Å². The fraction of sp³-hybridized carbons (Fsp3) is 0.692. The number of ether oxygens (including phenoxy) is 2. The summed E-state index contributed by atoms with van der Waals surface area (Å²) in [5.41, 5.74) is 1.37. The number of aryl methyl sites for hydroxylation is 1. The van der Waals surface area contributed by atoms with E-state index in [0.29, 0.717) is 6.61 Å². The van der Waals surface area contributed by atoms with E-state index in [1.165, 1.54) is 10.4 Å². The Kier molecular flexibility index (Phi) is 7.44. The van der Waals surface area contributed by atoms with E-state index in [2.05, 4.69) is 23.7 Å². The average Bonchev–Trinajstić information content (AvgIpc) is 2.72. The predicted octanol–water partition coefficient (Wildman–Crippen LogP) is 2.59. The zero-order valence-corrected chi connectivity index (χ0v) is 11.8. The second-order valence-electron chi connectivity index (χ2n) is 4.04. The Hall–Kier alpha value is -0.420. The molecule has 1 N–H and O–H groups in total. The summed E-state index contributed by atoms with van der Waals surface area (Å²) < 4.78 is 10.9. The van der Waals surface area contributed by atoms with E-state index in [1.807, 2.05) is 13.8 Å². The van der Waals surface area contributed by atoms with Crippen LogP contribution in [0.3, 0.4) is 0 Å². The monoisotopic (exact) mass is 257 g/mol. The van der Waals surface area contributed by atoms with Crippen LogP contribution in [-0.2, 0) is 16.0 Å². The molecule has 4 heteroatoms. The second kappa shape index (κ2) is 8.64. The summed E-state index contributed by atoms with van der Waals surface area (Å²) in [6.45, 7) is 10.2. The van der Waals surface area contributed by atoms with Gasteiger partial charge in [0.1, 0.15) is 0 Å². The van der Waals surface area contributed by atoms with Crippen molar-refractivity contribution in [2.75, 3.05) is 26.4 Å². The highest BCUT2D eigenvalue weighted by Gasteiger charge is 2.02. The van der Waals surface area contributed by atoms with Gasteiger partial charge in [-0.1, -0.05) is 0 Å². The van der Waals surface area contributed by atoms with Crippen LogP contribution in [0.25, 0.3) is 0 Å². The highest BCUT2D eigenvalue weighted by molar-refractivity contribution is 7.10. The van der Waals surface area contributed by atoms with Crippen molar-refractivity contribution in [2.24, 2.45) is 0 Å². The Morgan fingerprint density at radius 1 is 1.47 bits per heavy atom. The fourth-order valence-corrected chi connectivity index (χ4v) is 2.33. The molecular formula is C13H23NO2S. The summed E-state index contributed by atoms with van der Waals surface area (Å²) >= 11 is 1.80. The molecule has 0 fully saturated rings. The molecule has 0 aliphatic carbocycles. The molecule has 17 heavy (non-hydrogen) atoms. The summed E-state index contributed by atoms with van der Waals surface area (Å²) in [4.78, 5) is 1.41. The van der Waals surface area contributed by atoms with E-state index in [-0.39, 0.29) is 6.10 Å². The van der Waals surface area contributed by atoms with Gasteiger partial charge >= 0.3 is 0 Å².